The van der Waals surface area contributed by atoms with E-state index in [2.05, 4.69) is 10.6 Å². The quantitative estimate of drug-likeness (QED) is 0.654. The molecule has 1 aromatic rings. The first kappa shape index (κ1) is 18.0. The maximum absolute atomic E-state index is 12.0. The molecule has 9 heteroatoms. The Morgan fingerprint density at radius 3 is 2.81 bits per heavy atom. The molecular weight excluding hydrogens is 344 g/mol. The molecule has 1 atom stereocenters. The zero-order chi connectivity index (χ0) is 18.4. The number of amides is 2. The third-order valence-electron chi connectivity index (χ3n) is 3.94. The lowest BCUT2D eigenvalue weighted by molar-refractivity contribution is -0.147. The number of nitrogens with one attached hydrogen (secondary N) is 2. The fraction of sp³-hybridized carbons (Fsp3) is 0.471. The summed E-state index contributed by atoms with van der Waals surface area (Å²) in [5.74, 6) is -0.525. The maximum Gasteiger partial charge on any atom is 0.325 e. The van der Waals surface area contributed by atoms with Gasteiger partial charge in [-0.25, -0.2) is 0 Å². The summed E-state index contributed by atoms with van der Waals surface area (Å²) in [4.78, 5) is 35.3. The van der Waals surface area contributed by atoms with Gasteiger partial charge in [-0.1, -0.05) is 0 Å². The molecule has 3 rings (SSSR count). The molecule has 0 bridgehead atoms. The number of hydrogen-bond donors (Lipinski definition) is 2. The van der Waals surface area contributed by atoms with Crippen molar-refractivity contribution in [1.82, 2.24) is 10.6 Å². The summed E-state index contributed by atoms with van der Waals surface area (Å²) < 4.78 is 20.6. The number of rotatable bonds is 7. The molecule has 2 N–H and O–H groups in total. The van der Waals surface area contributed by atoms with Crippen molar-refractivity contribution in [3.63, 3.8) is 0 Å². The van der Waals surface area contributed by atoms with Gasteiger partial charge in [-0.3, -0.25) is 14.4 Å². The number of esters is 1. The second kappa shape index (κ2) is 8.52. The van der Waals surface area contributed by atoms with Crippen molar-refractivity contribution in [1.29, 1.82) is 0 Å². The molecule has 1 fully saturated rings. The summed E-state index contributed by atoms with van der Waals surface area (Å²) in [5, 5.41) is 5.07. The standard InChI is InChI=1S/C17H20N2O7/c20-15(18-7-12-2-1-5-23-12)9-24-16(21)8-19-17(22)11-3-4-13-14(6-11)26-10-25-13/h3-4,6,12H,1-2,5,7-10H2,(H,18,20)(H,19,22). The minimum atomic E-state index is -0.702. The topological polar surface area (TPSA) is 112 Å². The predicted octanol–water partition coefficient (Wildman–Crippen LogP) is -0.0165. The van der Waals surface area contributed by atoms with Gasteiger partial charge >= 0.3 is 5.97 Å². The number of fused-ring (bicyclic) bond motifs is 1. The van der Waals surface area contributed by atoms with Crippen molar-refractivity contribution >= 4 is 17.8 Å². The van der Waals surface area contributed by atoms with E-state index >= 15 is 0 Å². The molecule has 1 saturated heterocycles. The molecule has 2 amide bonds. The average molecular weight is 364 g/mol. The highest BCUT2D eigenvalue weighted by molar-refractivity contribution is 5.96. The van der Waals surface area contributed by atoms with E-state index in [0.29, 0.717) is 30.2 Å². The summed E-state index contributed by atoms with van der Waals surface area (Å²) >= 11 is 0. The van der Waals surface area contributed by atoms with Crippen LogP contribution in [0.1, 0.15) is 23.2 Å². The summed E-state index contributed by atoms with van der Waals surface area (Å²) in [7, 11) is 0. The predicted molar refractivity (Wildman–Crippen MR) is 87.8 cm³/mol. The monoisotopic (exact) mass is 364 g/mol. The van der Waals surface area contributed by atoms with Crippen LogP contribution in [0.25, 0.3) is 0 Å². The van der Waals surface area contributed by atoms with Crippen LogP contribution in [0.3, 0.4) is 0 Å². The molecule has 0 saturated carbocycles. The van der Waals surface area contributed by atoms with Gasteiger partial charge in [0.25, 0.3) is 11.8 Å². The summed E-state index contributed by atoms with van der Waals surface area (Å²) in [5.41, 5.74) is 0.330. The number of ether oxygens (including phenoxy) is 4. The molecule has 26 heavy (non-hydrogen) atoms. The molecule has 0 spiro atoms. The van der Waals surface area contributed by atoms with Crippen LogP contribution in [0.15, 0.2) is 18.2 Å². The number of hydrogen-bond acceptors (Lipinski definition) is 7. The van der Waals surface area contributed by atoms with Crippen LogP contribution in [0.5, 0.6) is 11.5 Å². The van der Waals surface area contributed by atoms with E-state index < -0.39 is 24.4 Å². The Balaban J connectivity index is 1.34. The lowest BCUT2D eigenvalue weighted by atomic mass is 10.2. The van der Waals surface area contributed by atoms with Crippen molar-refractivity contribution in [2.24, 2.45) is 0 Å². The van der Waals surface area contributed by atoms with Crippen molar-refractivity contribution in [3.8, 4) is 11.5 Å². The molecule has 1 aromatic carbocycles. The van der Waals surface area contributed by atoms with Crippen molar-refractivity contribution in [2.75, 3.05) is 33.1 Å². The molecule has 2 aliphatic heterocycles. The molecule has 0 radical (unpaired) electrons. The average Bonchev–Trinajstić information content (AvgIpc) is 3.33. The first-order chi connectivity index (χ1) is 12.6. The number of benzene rings is 1. The van der Waals surface area contributed by atoms with E-state index in [9.17, 15) is 14.4 Å². The fourth-order valence-corrected chi connectivity index (χ4v) is 2.57. The number of carbonyl (C=O) groups is 3. The van der Waals surface area contributed by atoms with E-state index in [0.717, 1.165) is 12.8 Å². The molecule has 2 aliphatic rings. The first-order valence-electron chi connectivity index (χ1n) is 8.33. The molecular formula is C17H20N2O7. The molecule has 0 aliphatic carbocycles. The Hall–Kier alpha value is -2.81. The molecule has 9 nitrogen and oxygen atoms in total. The second-order valence-corrected chi connectivity index (χ2v) is 5.85. The summed E-state index contributed by atoms with van der Waals surface area (Å²) in [6.45, 7) is 0.481. The maximum atomic E-state index is 12.0. The molecule has 1 unspecified atom stereocenters. The summed E-state index contributed by atoms with van der Waals surface area (Å²) in [6, 6.07) is 4.71. The molecule has 140 valence electrons. The Bertz CT molecular complexity index is 686. The highest BCUT2D eigenvalue weighted by Gasteiger charge is 2.18. The molecule has 0 aromatic heterocycles. The largest absolute Gasteiger partial charge is 0.454 e. The minimum absolute atomic E-state index is 0.0237. The van der Waals surface area contributed by atoms with Crippen LogP contribution < -0.4 is 20.1 Å². The Morgan fingerprint density at radius 1 is 1.15 bits per heavy atom. The second-order valence-electron chi connectivity index (χ2n) is 5.85. The zero-order valence-electron chi connectivity index (χ0n) is 14.1. The highest BCUT2D eigenvalue weighted by Crippen LogP contribution is 2.32. The lowest BCUT2D eigenvalue weighted by Crippen LogP contribution is -2.36. The van der Waals surface area contributed by atoms with Crippen LogP contribution in [0, 0.1) is 0 Å². The van der Waals surface area contributed by atoms with E-state index in [4.69, 9.17) is 18.9 Å². The van der Waals surface area contributed by atoms with E-state index in [1.165, 1.54) is 6.07 Å². The fourth-order valence-electron chi connectivity index (χ4n) is 2.57. The zero-order valence-corrected chi connectivity index (χ0v) is 14.1. The van der Waals surface area contributed by atoms with Gasteiger partial charge in [0, 0.05) is 18.7 Å². The third kappa shape index (κ3) is 4.85. The SMILES string of the molecule is O=C(COC(=O)CNC(=O)c1ccc2c(c1)OCO2)NCC1CCCO1. The van der Waals surface area contributed by atoms with Gasteiger partial charge in [-0.2, -0.15) is 0 Å². The Kier molecular flexibility index (Phi) is 5.90. The van der Waals surface area contributed by atoms with Gasteiger partial charge in [0.1, 0.15) is 6.54 Å². The Morgan fingerprint density at radius 2 is 2.00 bits per heavy atom. The Labute approximate surface area is 149 Å². The number of carbonyl (C=O) groups excluding carboxylic acids is 3. The van der Waals surface area contributed by atoms with Gasteiger partial charge in [-0.05, 0) is 31.0 Å². The highest BCUT2D eigenvalue weighted by atomic mass is 16.7. The van der Waals surface area contributed by atoms with Crippen LogP contribution in [-0.4, -0.2) is 57.0 Å². The third-order valence-corrected chi connectivity index (χ3v) is 3.94. The van der Waals surface area contributed by atoms with E-state index in [1.54, 1.807) is 12.1 Å². The van der Waals surface area contributed by atoms with Crippen molar-refractivity contribution in [3.05, 3.63) is 23.8 Å². The first-order valence-corrected chi connectivity index (χ1v) is 8.33. The van der Waals surface area contributed by atoms with Gasteiger partial charge in [-0.15, -0.1) is 0 Å². The van der Waals surface area contributed by atoms with Gasteiger partial charge < -0.3 is 29.6 Å². The lowest BCUT2D eigenvalue weighted by Gasteiger charge is -2.11. The van der Waals surface area contributed by atoms with Crippen LogP contribution in [-0.2, 0) is 19.1 Å². The van der Waals surface area contributed by atoms with Crippen molar-refractivity contribution < 1.29 is 33.3 Å². The van der Waals surface area contributed by atoms with E-state index in [-0.39, 0.29) is 19.4 Å². The minimum Gasteiger partial charge on any atom is -0.454 e. The van der Waals surface area contributed by atoms with Crippen LogP contribution >= 0.6 is 0 Å². The van der Waals surface area contributed by atoms with Gasteiger partial charge in [0.15, 0.2) is 18.1 Å². The van der Waals surface area contributed by atoms with Crippen molar-refractivity contribution in [2.45, 2.75) is 18.9 Å². The van der Waals surface area contributed by atoms with Crippen LogP contribution in [0.4, 0.5) is 0 Å². The van der Waals surface area contributed by atoms with Gasteiger partial charge in [0.05, 0.1) is 6.10 Å². The normalized spacial score (nSPS) is 17.6. The van der Waals surface area contributed by atoms with E-state index in [1.807, 2.05) is 0 Å². The van der Waals surface area contributed by atoms with Gasteiger partial charge in [0.2, 0.25) is 6.79 Å². The molecule has 2 heterocycles. The smallest absolute Gasteiger partial charge is 0.325 e. The summed E-state index contributed by atoms with van der Waals surface area (Å²) in [6.07, 6.45) is 1.92. The van der Waals surface area contributed by atoms with Crippen LogP contribution in [0.2, 0.25) is 0 Å².